The van der Waals surface area contributed by atoms with Gasteiger partial charge in [-0.25, -0.2) is 0 Å². The first-order valence-electron chi connectivity index (χ1n) is 7.42. The zero-order chi connectivity index (χ0) is 15.9. The van der Waals surface area contributed by atoms with Crippen molar-refractivity contribution in [3.63, 3.8) is 0 Å². The van der Waals surface area contributed by atoms with Crippen LogP contribution in [-0.4, -0.2) is 0 Å². The molecule has 1 aromatic rings. The molecule has 0 heterocycles. The van der Waals surface area contributed by atoms with Crippen LogP contribution in [0.15, 0.2) is 77.4 Å². The molecule has 0 spiro atoms. The molecule has 0 N–H and O–H groups in total. The normalized spacial score (nSPS) is 18.3. The van der Waals surface area contributed by atoms with E-state index in [4.69, 9.17) is 23.2 Å². The lowest BCUT2D eigenvalue weighted by Crippen LogP contribution is -1.95. The van der Waals surface area contributed by atoms with E-state index in [1.807, 2.05) is 37.3 Å². The third-order valence-corrected chi connectivity index (χ3v) is 3.96. The maximum Gasteiger partial charge on any atom is 0.0406 e. The minimum absolute atomic E-state index is 0.763. The monoisotopic (exact) mass is 330 g/mol. The molecule has 0 radical (unpaired) electrons. The number of rotatable bonds is 4. The molecule has 1 aliphatic rings. The summed E-state index contributed by atoms with van der Waals surface area (Å²) in [5, 5.41) is 1.54. The van der Waals surface area contributed by atoms with Crippen molar-refractivity contribution in [2.75, 3.05) is 0 Å². The van der Waals surface area contributed by atoms with Gasteiger partial charge in [-0.05, 0) is 66.7 Å². The fourth-order valence-electron chi connectivity index (χ4n) is 2.46. The molecule has 0 atom stereocenters. The van der Waals surface area contributed by atoms with Crippen molar-refractivity contribution in [3.8, 4) is 0 Å². The van der Waals surface area contributed by atoms with Gasteiger partial charge in [-0.15, -0.1) is 0 Å². The van der Waals surface area contributed by atoms with Gasteiger partial charge in [0.25, 0.3) is 0 Å². The zero-order valence-corrected chi connectivity index (χ0v) is 14.3. The van der Waals surface area contributed by atoms with Gasteiger partial charge < -0.3 is 0 Å². The van der Waals surface area contributed by atoms with Crippen molar-refractivity contribution in [1.82, 2.24) is 0 Å². The molecule has 2 rings (SSSR count). The van der Waals surface area contributed by atoms with Crippen LogP contribution in [0.2, 0.25) is 5.02 Å². The number of benzene rings is 1. The topological polar surface area (TPSA) is 0 Å². The molecule has 0 amide bonds. The average molecular weight is 331 g/mol. The van der Waals surface area contributed by atoms with Crippen molar-refractivity contribution >= 4 is 28.8 Å². The molecular weight excluding hydrogens is 311 g/mol. The standard InChI is InChI=1S/C20H20Cl2/c1-3-16(8-7-15(2)21)13-17-5-4-6-19(14-17)18-9-11-20(22)12-10-18/h3,7-14H,1,4-6H2,2H3/b15-7+,16-8+,17-13+. The lowest BCUT2D eigenvalue weighted by atomic mass is 9.90. The van der Waals surface area contributed by atoms with E-state index < -0.39 is 0 Å². The maximum absolute atomic E-state index is 5.96. The number of hydrogen-bond acceptors (Lipinski definition) is 0. The highest BCUT2D eigenvalue weighted by atomic mass is 35.5. The minimum atomic E-state index is 0.763. The maximum atomic E-state index is 5.96. The van der Waals surface area contributed by atoms with E-state index in [0.717, 1.165) is 34.9 Å². The SMILES string of the molecule is C=CC(=C\C=C(/C)Cl)/C=C1/C=C(c2ccc(Cl)cc2)CCC1. The number of hydrogen-bond donors (Lipinski definition) is 0. The zero-order valence-electron chi connectivity index (χ0n) is 12.8. The fourth-order valence-corrected chi connectivity index (χ4v) is 2.65. The summed E-state index contributed by atoms with van der Waals surface area (Å²) in [6.07, 6.45) is 13.6. The molecule has 22 heavy (non-hydrogen) atoms. The van der Waals surface area contributed by atoms with Gasteiger partial charge in [-0.1, -0.05) is 66.2 Å². The first-order valence-corrected chi connectivity index (χ1v) is 8.17. The third kappa shape index (κ3) is 5.05. The Morgan fingerprint density at radius 3 is 2.50 bits per heavy atom. The highest BCUT2D eigenvalue weighted by Crippen LogP contribution is 2.30. The summed E-state index contributed by atoms with van der Waals surface area (Å²) in [6, 6.07) is 8.06. The van der Waals surface area contributed by atoms with Gasteiger partial charge in [0, 0.05) is 10.1 Å². The molecule has 0 unspecified atom stereocenters. The van der Waals surface area contributed by atoms with Crippen LogP contribution in [0.25, 0.3) is 5.57 Å². The summed E-state index contributed by atoms with van der Waals surface area (Å²) in [4.78, 5) is 0. The first-order chi connectivity index (χ1) is 10.6. The first kappa shape index (κ1) is 16.9. The van der Waals surface area contributed by atoms with E-state index in [1.54, 1.807) is 0 Å². The predicted octanol–water partition coefficient (Wildman–Crippen LogP) is 7.09. The van der Waals surface area contributed by atoms with Crippen LogP contribution in [0.3, 0.4) is 0 Å². The summed E-state index contributed by atoms with van der Waals surface area (Å²) >= 11 is 11.8. The molecular formula is C20H20Cl2. The van der Waals surface area contributed by atoms with E-state index in [0.29, 0.717) is 0 Å². The van der Waals surface area contributed by atoms with E-state index in [-0.39, 0.29) is 0 Å². The average Bonchev–Trinajstić information content (AvgIpc) is 2.52. The van der Waals surface area contributed by atoms with Gasteiger partial charge in [0.05, 0.1) is 0 Å². The second-order valence-electron chi connectivity index (χ2n) is 5.37. The third-order valence-electron chi connectivity index (χ3n) is 3.58. The van der Waals surface area contributed by atoms with Crippen LogP contribution in [0.4, 0.5) is 0 Å². The van der Waals surface area contributed by atoms with Gasteiger partial charge in [0.15, 0.2) is 0 Å². The van der Waals surface area contributed by atoms with Gasteiger partial charge in [-0.3, -0.25) is 0 Å². The molecule has 0 fully saturated rings. The number of allylic oxidation sites excluding steroid dienone is 9. The van der Waals surface area contributed by atoms with Crippen molar-refractivity contribution in [2.45, 2.75) is 26.2 Å². The highest BCUT2D eigenvalue weighted by molar-refractivity contribution is 6.30. The highest BCUT2D eigenvalue weighted by Gasteiger charge is 2.09. The number of halogens is 2. The Bertz CT molecular complexity index is 651. The summed E-state index contributed by atoms with van der Waals surface area (Å²) in [7, 11) is 0. The Kier molecular flexibility index (Phi) is 6.30. The summed E-state index contributed by atoms with van der Waals surface area (Å²) in [6.45, 7) is 5.74. The molecule has 0 bridgehead atoms. The van der Waals surface area contributed by atoms with Crippen LogP contribution in [-0.2, 0) is 0 Å². The van der Waals surface area contributed by atoms with Crippen LogP contribution in [0, 0.1) is 0 Å². The van der Waals surface area contributed by atoms with Crippen molar-refractivity contribution in [3.05, 3.63) is 88.0 Å². The van der Waals surface area contributed by atoms with Crippen molar-refractivity contribution in [1.29, 1.82) is 0 Å². The van der Waals surface area contributed by atoms with E-state index in [1.165, 1.54) is 16.7 Å². The van der Waals surface area contributed by atoms with Gasteiger partial charge in [-0.2, -0.15) is 0 Å². The Morgan fingerprint density at radius 2 is 1.86 bits per heavy atom. The lowest BCUT2D eigenvalue weighted by molar-refractivity contribution is 0.834. The second-order valence-corrected chi connectivity index (χ2v) is 6.41. The Balaban J connectivity index is 2.28. The molecule has 0 nitrogen and oxygen atoms in total. The quantitative estimate of drug-likeness (QED) is 0.517. The lowest BCUT2D eigenvalue weighted by Gasteiger charge is -2.16. The van der Waals surface area contributed by atoms with Crippen LogP contribution in [0.1, 0.15) is 31.7 Å². The van der Waals surface area contributed by atoms with Crippen LogP contribution < -0.4 is 0 Å². The van der Waals surface area contributed by atoms with Gasteiger partial charge in [0.1, 0.15) is 0 Å². The van der Waals surface area contributed by atoms with Crippen molar-refractivity contribution in [2.24, 2.45) is 0 Å². The minimum Gasteiger partial charge on any atom is -0.0985 e. The van der Waals surface area contributed by atoms with Crippen molar-refractivity contribution < 1.29 is 0 Å². The molecule has 0 saturated heterocycles. The Labute approximate surface area is 143 Å². The van der Waals surface area contributed by atoms with Crippen LogP contribution >= 0.6 is 23.2 Å². The molecule has 114 valence electrons. The molecule has 2 heteroatoms. The largest absolute Gasteiger partial charge is 0.0985 e. The smallest absolute Gasteiger partial charge is 0.0406 e. The fraction of sp³-hybridized carbons (Fsp3) is 0.200. The van der Waals surface area contributed by atoms with E-state index >= 15 is 0 Å². The Hall–Kier alpha value is -1.50. The Morgan fingerprint density at radius 1 is 1.14 bits per heavy atom. The second kappa shape index (κ2) is 8.22. The summed E-state index contributed by atoms with van der Waals surface area (Å²) < 4.78 is 0. The summed E-state index contributed by atoms with van der Waals surface area (Å²) in [5.41, 5.74) is 5.00. The van der Waals surface area contributed by atoms with E-state index in [9.17, 15) is 0 Å². The summed E-state index contributed by atoms with van der Waals surface area (Å²) in [5.74, 6) is 0. The van der Waals surface area contributed by atoms with Gasteiger partial charge in [0.2, 0.25) is 0 Å². The molecule has 0 aromatic heterocycles. The molecule has 1 aromatic carbocycles. The molecule has 1 aliphatic carbocycles. The van der Waals surface area contributed by atoms with E-state index in [2.05, 4.69) is 30.9 Å². The van der Waals surface area contributed by atoms with Gasteiger partial charge >= 0.3 is 0 Å². The molecule has 0 saturated carbocycles. The molecule has 0 aliphatic heterocycles. The van der Waals surface area contributed by atoms with Crippen LogP contribution in [0.5, 0.6) is 0 Å². The predicted molar refractivity (Wildman–Crippen MR) is 99.3 cm³/mol.